The Morgan fingerprint density at radius 1 is 1.24 bits per heavy atom. The number of hydrogen-bond acceptors (Lipinski definition) is 2. The van der Waals surface area contributed by atoms with Crippen molar-refractivity contribution in [2.75, 3.05) is 13.7 Å². The Kier molecular flexibility index (Phi) is 7.05. The molecule has 1 aromatic rings. The van der Waals surface area contributed by atoms with Crippen molar-refractivity contribution in [2.24, 2.45) is 5.92 Å². The number of nitrogens with one attached hydrogen (secondary N) is 1. The molecule has 21 heavy (non-hydrogen) atoms. The van der Waals surface area contributed by atoms with Crippen LogP contribution in [0, 0.1) is 5.92 Å². The highest BCUT2D eigenvalue weighted by Crippen LogP contribution is 2.37. The van der Waals surface area contributed by atoms with Crippen LogP contribution < -0.4 is 10.1 Å². The quantitative estimate of drug-likeness (QED) is 0.684. The number of halogens is 1. The lowest BCUT2D eigenvalue weighted by molar-refractivity contribution is 0.324. The first-order valence-electron chi connectivity index (χ1n) is 8.33. The SMILES string of the molecule is CCCNC(c1ccc(OC)cc1Br)C1CCCCCC1. The topological polar surface area (TPSA) is 21.3 Å². The molecule has 0 bridgehead atoms. The Labute approximate surface area is 137 Å². The third kappa shape index (κ3) is 4.72. The van der Waals surface area contributed by atoms with E-state index in [0.29, 0.717) is 6.04 Å². The molecule has 3 heteroatoms. The van der Waals surface area contributed by atoms with Crippen molar-refractivity contribution in [1.82, 2.24) is 5.32 Å². The summed E-state index contributed by atoms with van der Waals surface area (Å²) < 4.78 is 6.49. The Bertz CT molecular complexity index is 427. The van der Waals surface area contributed by atoms with Crippen molar-refractivity contribution in [3.63, 3.8) is 0 Å². The minimum atomic E-state index is 0.461. The van der Waals surface area contributed by atoms with Crippen molar-refractivity contribution in [1.29, 1.82) is 0 Å². The molecule has 118 valence electrons. The van der Waals surface area contributed by atoms with Gasteiger partial charge in [0.25, 0.3) is 0 Å². The van der Waals surface area contributed by atoms with Gasteiger partial charge in [0.05, 0.1) is 7.11 Å². The molecule has 1 N–H and O–H groups in total. The van der Waals surface area contributed by atoms with Crippen molar-refractivity contribution < 1.29 is 4.74 Å². The van der Waals surface area contributed by atoms with Gasteiger partial charge >= 0.3 is 0 Å². The molecule has 1 atom stereocenters. The van der Waals surface area contributed by atoms with Crippen LogP contribution in [-0.4, -0.2) is 13.7 Å². The van der Waals surface area contributed by atoms with Gasteiger partial charge in [-0.15, -0.1) is 0 Å². The van der Waals surface area contributed by atoms with E-state index in [2.05, 4.69) is 46.4 Å². The fraction of sp³-hybridized carbons (Fsp3) is 0.667. The summed E-state index contributed by atoms with van der Waals surface area (Å²) in [4.78, 5) is 0. The smallest absolute Gasteiger partial charge is 0.120 e. The van der Waals surface area contributed by atoms with Gasteiger partial charge < -0.3 is 10.1 Å². The molecule has 1 aliphatic rings. The van der Waals surface area contributed by atoms with E-state index in [-0.39, 0.29) is 0 Å². The maximum Gasteiger partial charge on any atom is 0.120 e. The third-order valence-electron chi connectivity index (χ3n) is 4.53. The first-order valence-corrected chi connectivity index (χ1v) is 9.12. The van der Waals surface area contributed by atoms with Gasteiger partial charge in [-0.05, 0) is 49.4 Å². The first-order chi connectivity index (χ1) is 10.3. The molecule has 1 aliphatic carbocycles. The number of rotatable bonds is 6. The number of hydrogen-bond donors (Lipinski definition) is 1. The van der Waals surface area contributed by atoms with E-state index in [9.17, 15) is 0 Å². The monoisotopic (exact) mass is 353 g/mol. The predicted octanol–water partition coefficient (Wildman–Crippen LogP) is 5.47. The zero-order valence-electron chi connectivity index (χ0n) is 13.3. The molecule has 0 aliphatic heterocycles. The minimum Gasteiger partial charge on any atom is -0.497 e. The van der Waals surface area contributed by atoms with Crippen molar-refractivity contribution >= 4 is 15.9 Å². The molecule has 2 nitrogen and oxygen atoms in total. The maximum atomic E-state index is 5.33. The molecular formula is C18H28BrNO. The fourth-order valence-corrected chi connectivity index (χ4v) is 3.97. The van der Waals surface area contributed by atoms with Gasteiger partial charge in [0.2, 0.25) is 0 Å². The van der Waals surface area contributed by atoms with E-state index in [1.54, 1.807) is 7.11 Å². The van der Waals surface area contributed by atoms with Crippen LogP contribution in [0.15, 0.2) is 22.7 Å². The third-order valence-corrected chi connectivity index (χ3v) is 5.21. The summed E-state index contributed by atoms with van der Waals surface area (Å²) in [5, 5.41) is 3.79. The van der Waals surface area contributed by atoms with Gasteiger partial charge in [-0.2, -0.15) is 0 Å². The molecule has 1 saturated carbocycles. The minimum absolute atomic E-state index is 0.461. The fourth-order valence-electron chi connectivity index (χ4n) is 3.36. The number of ether oxygens (including phenoxy) is 1. The summed E-state index contributed by atoms with van der Waals surface area (Å²) >= 11 is 3.75. The highest BCUT2D eigenvalue weighted by molar-refractivity contribution is 9.10. The van der Waals surface area contributed by atoms with Crippen molar-refractivity contribution in [3.05, 3.63) is 28.2 Å². The van der Waals surface area contributed by atoms with Crippen LogP contribution >= 0.6 is 15.9 Å². The Morgan fingerprint density at radius 2 is 1.95 bits per heavy atom. The van der Waals surface area contributed by atoms with E-state index < -0.39 is 0 Å². The highest BCUT2D eigenvalue weighted by Gasteiger charge is 2.25. The Balaban J connectivity index is 2.21. The number of benzene rings is 1. The molecule has 0 saturated heterocycles. The van der Waals surface area contributed by atoms with E-state index in [4.69, 9.17) is 4.74 Å². The number of methoxy groups -OCH3 is 1. The highest BCUT2D eigenvalue weighted by atomic mass is 79.9. The first kappa shape index (κ1) is 16.8. The summed E-state index contributed by atoms with van der Waals surface area (Å²) in [6.45, 7) is 3.32. The van der Waals surface area contributed by atoms with Crippen LogP contribution in [0.5, 0.6) is 5.75 Å². The summed E-state index contributed by atoms with van der Waals surface area (Å²) in [7, 11) is 1.72. The van der Waals surface area contributed by atoms with Crippen LogP contribution in [0.2, 0.25) is 0 Å². The zero-order valence-corrected chi connectivity index (χ0v) is 14.9. The van der Waals surface area contributed by atoms with Crippen LogP contribution in [0.25, 0.3) is 0 Å². The lowest BCUT2D eigenvalue weighted by Crippen LogP contribution is -2.29. The van der Waals surface area contributed by atoms with Crippen LogP contribution in [0.4, 0.5) is 0 Å². The lowest BCUT2D eigenvalue weighted by atomic mass is 9.87. The van der Waals surface area contributed by atoms with Crippen molar-refractivity contribution in [3.8, 4) is 5.75 Å². The Morgan fingerprint density at radius 3 is 2.52 bits per heavy atom. The summed E-state index contributed by atoms with van der Waals surface area (Å²) in [6, 6.07) is 6.86. The van der Waals surface area contributed by atoms with E-state index >= 15 is 0 Å². The van der Waals surface area contributed by atoms with E-state index in [1.807, 2.05) is 0 Å². The van der Waals surface area contributed by atoms with Gasteiger partial charge in [-0.3, -0.25) is 0 Å². The summed E-state index contributed by atoms with van der Waals surface area (Å²) in [6.07, 6.45) is 9.43. The van der Waals surface area contributed by atoms with Crippen LogP contribution in [0.3, 0.4) is 0 Å². The van der Waals surface area contributed by atoms with Crippen LogP contribution in [0.1, 0.15) is 63.5 Å². The molecule has 0 heterocycles. The van der Waals surface area contributed by atoms with Crippen molar-refractivity contribution in [2.45, 2.75) is 57.9 Å². The molecule has 1 fully saturated rings. The average Bonchev–Trinajstić information content (AvgIpc) is 2.78. The zero-order chi connectivity index (χ0) is 15.1. The molecule has 0 spiro atoms. The normalized spacial score (nSPS) is 18.2. The summed E-state index contributed by atoms with van der Waals surface area (Å²) in [5.74, 6) is 1.67. The molecule has 1 aromatic carbocycles. The molecular weight excluding hydrogens is 326 g/mol. The molecule has 0 radical (unpaired) electrons. The second kappa shape index (κ2) is 8.79. The Hall–Kier alpha value is -0.540. The standard InChI is InChI=1S/C18H28BrNO/c1-3-12-20-18(14-8-6-4-5-7-9-14)16-11-10-15(21-2)13-17(16)19/h10-11,13-14,18,20H,3-9,12H2,1-2H3. The van der Waals surface area contributed by atoms with E-state index in [1.165, 1.54) is 55.0 Å². The van der Waals surface area contributed by atoms with Crippen LogP contribution in [-0.2, 0) is 0 Å². The van der Waals surface area contributed by atoms with Gasteiger partial charge in [0.15, 0.2) is 0 Å². The lowest BCUT2D eigenvalue weighted by Gasteiger charge is -2.29. The molecule has 1 unspecified atom stereocenters. The second-order valence-corrected chi connectivity index (χ2v) is 6.93. The average molecular weight is 354 g/mol. The molecule has 0 aromatic heterocycles. The largest absolute Gasteiger partial charge is 0.497 e. The van der Waals surface area contributed by atoms with E-state index in [0.717, 1.165) is 18.2 Å². The van der Waals surface area contributed by atoms with Gasteiger partial charge in [0.1, 0.15) is 5.75 Å². The maximum absolute atomic E-state index is 5.33. The van der Waals surface area contributed by atoms with Gasteiger partial charge in [0, 0.05) is 10.5 Å². The molecule has 2 rings (SSSR count). The van der Waals surface area contributed by atoms with Gasteiger partial charge in [-0.25, -0.2) is 0 Å². The summed E-state index contributed by atoms with van der Waals surface area (Å²) in [5.41, 5.74) is 1.39. The van der Waals surface area contributed by atoms with Gasteiger partial charge in [-0.1, -0.05) is 54.6 Å². The molecule has 0 amide bonds. The second-order valence-electron chi connectivity index (χ2n) is 6.07. The predicted molar refractivity (Wildman–Crippen MR) is 92.9 cm³/mol.